The minimum Gasteiger partial charge on any atom is -0.398 e. The summed E-state index contributed by atoms with van der Waals surface area (Å²) in [6, 6.07) is 11.6. The second-order valence-corrected chi connectivity index (χ2v) is 12.8. The Balaban J connectivity index is 1.73. The monoisotopic (exact) mass is 541 g/mol. The van der Waals surface area contributed by atoms with E-state index in [1.54, 1.807) is 11.4 Å². The molecule has 37 heavy (non-hydrogen) atoms. The van der Waals surface area contributed by atoms with Crippen molar-refractivity contribution in [1.29, 1.82) is 0 Å². The number of nitrogens with two attached hydrogens (primary N) is 1. The van der Waals surface area contributed by atoms with Gasteiger partial charge in [0, 0.05) is 24.2 Å². The molecule has 3 atom stereocenters. The number of carbonyl (C=O) groups is 1. The molecule has 3 rings (SSSR count). The van der Waals surface area contributed by atoms with Crippen molar-refractivity contribution in [2.45, 2.75) is 57.5 Å². The molecule has 1 aliphatic rings. The number of rotatable bonds is 7. The molecule has 2 aromatic carbocycles. The van der Waals surface area contributed by atoms with Crippen molar-refractivity contribution in [1.82, 2.24) is 10.6 Å². The summed E-state index contributed by atoms with van der Waals surface area (Å²) in [6.45, 7) is 5.18. The van der Waals surface area contributed by atoms with Gasteiger partial charge >= 0.3 is 6.18 Å². The second kappa shape index (κ2) is 11.0. The van der Waals surface area contributed by atoms with Crippen molar-refractivity contribution in [3.05, 3.63) is 64.7 Å². The fourth-order valence-corrected chi connectivity index (χ4v) is 6.42. The summed E-state index contributed by atoms with van der Waals surface area (Å²) in [7, 11) is -3.48. The van der Waals surface area contributed by atoms with Crippen molar-refractivity contribution in [2.75, 3.05) is 23.8 Å². The topological polar surface area (TPSA) is 122 Å². The number of alkyl halides is 3. The van der Waals surface area contributed by atoms with Crippen LogP contribution in [0, 0.1) is 5.92 Å². The Labute approximate surface area is 215 Å². The molecule has 1 saturated heterocycles. The Morgan fingerprint density at radius 2 is 1.78 bits per heavy atom. The van der Waals surface area contributed by atoms with Crippen LogP contribution in [0.25, 0.3) is 0 Å². The zero-order chi connectivity index (χ0) is 27.6. The van der Waals surface area contributed by atoms with Gasteiger partial charge in [-0.3, -0.25) is 4.79 Å². The lowest BCUT2D eigenvalue weighted by Crippen LogP contribution is -2.54. The lowest BCUT2D eigenvalue weighted by molar-refractivity contribution is -0.123. The number of halogens is 3. The van der Waals surface area contributed by atoms with Crippen molar-refractivity contribution in [3.63, 3.8) is 0 Å². The third-order valence-corrected chi connectivity index (χ3v) is 8.27. The smallest absolute Gasteiger partial charge is 0.398 e. The van der Waals surface area contributed by atoms with Gasteiger partial charge in [-0.1, -0.05) is 51.1 Å². The maximum absolute atomic E-state index is 12.7. The standard InChI is InChI=1S/C26H34F3N3O4S/c1-25(2,3)19-6-4-5-17(10-19)12-31-22-14-37(35,36)13-18(23(22)33)9-16-7-8-21(30)20(11-16)24(34)32-15-26(27,28)29/h4-8,10-11,18,22-23,31,33H,9,12-15,30H2,1-3H3,(H,32,34)/t18-,22+,23+/m1/s1. The van der Waals surface area contributed by atoms with Gasteiger partial charge in [0.2, 0.25) is 0 Å². The highest BCUT2D eigenvalue weighted by molar-refractivity contribution is 7.91. The summed E-state index contributed by atoms with van der Waals surface area (Å²) in [5.74, 6) is -2.11. The van der Waals surface area contributed by atoms with Crippen molar-refractivity contribution in [3.8, 4) is 0 Å². The molecule has 5 N–H and O–H groups in total. The second-order valence-electron chi connectivity index (χ2n) is 10.7. The molecular formula is C26H34F3N3O4S. The Morgan fingerprint density at radius 1 is 1.08 bits per heavy atom. The van der Waals surface area contributed by atoms with Gasteiger partial charge in [0.05, 0.1) is 23.2 Å². The molecule has 2 aromatic rings. The number of hydrogen-bond acceptors (Lipinski definition) is 6. The van der Waals surface area contributed by atoms with Crippen LogP contribution >= 0.6 is 0 Å². The maximum atomic E-state index is 12.7. The number of amides is 1. The fraction of sp³-hybridized carbons (Fsp3) is 0.500. The highest BCUT2D eigenvalue weighted by atomic mass is 32.2. The zero-order valence-electron chi connectivity index (χ0n) is 21.1. The normalized spacial score (nSPS) is 22.0. The molecule has 0 unspecified atom stereocenters. The Kier molecular flexibility index (Phi) is 8.60. The molecule has 0 radical (unpaired) electrons. The SMILES string of the molecule is CC(C)(C)c1cccc(CN[C@H]2CS(=O)(=O)C[C@@H](Cc3ccc(N)c(C(=O)NCC(F)(F)F)c3)[C@@H]2O)c1. The van der Waals surface area contributed by atoms with Crippen LogP contribution < -0.4 is 16.4 Å². The number of hydrogen-bond donors (Lipinski definition) is 4. The van der Waals surface area contributed by atoms with Crippen LogP contribution in [-0.2, 0) is 28.2 Å². The van der Waals surface area contributed by atoms with E-state index in [9.17, 15) is 31.5 Å². The lowest BCUT2D eigenvalue weighted by Gasteiger charge is -2.35. The van der Waals surface area contributed by atoms with Gasteiger partial charge in [-0.2, -0.15) is 13.2 Å². The third kappa shape index (κ3) is 8.18. The van der Waals surface area contributed by atoms with Crippen LogP contribution in [0.2, 0.25) is 0 Å². The predicted molar refractivity (Wildman–Crippen MR) is 137 cm³/mol. The van der Waals surface area contributed by atoms with Crippen LogP contribution in [0.1, 0.15) is 47.8 Å². The van der Waals surface area contributed by atoms with Crippen LogP contribution in [0.5, 0.6) is 0 Å². The van der Waals surface area contributed by atoms with Crippen LogP contribution in [0.3, 0.4) is 0 Å². The number of anilines is 1. The molecular weight excluding hydrogens is 507 g/mol. The number of benzene rings is 2. The summed E-state index contributed by atoms with van der Waals surface area (Å²) in [4.78, 5) is 12.2. The molecule has 204 valence electrons. The molecule has 0 aliphatic carbocycles. The fourth-order valence-electron chi connectivity index (χ4n) is 4.46. The molecule has 0 bridgehead atoms. The van der Waals surface area contributed by atoms with E-state index in [0.717, 1.165) is 11.1 Å². The summed E-state index contributed by atoms with van der Waals surface area (Å²) < 4.78 is 62.8. The molecule has 1 amide bonds. The first-order chi connectivity index (χ1) is 17.0. The number of nitrogens with one attached hydrogen (secondary N) is 2. The Hall–Kier alpha value is -2.63. The summed E-state index contributed by atoms with van der Waals surface area (Å²) in [5.41, 5.74) is 8.20. The average molecular weight is 542 g/mol. The van der Waals surface area contributed by atoms with Gasteiger partial charge in [-0.05, 0) is 40.7 Å². The van der Waals surface area contributed by atoms with Crippen molar-refractivity contribution >= 4 is 21.4 Å². The molecule has 1 fully saturated rings. The van der Waals surface area contributed by atoms with Gasteiger partial charge in [0.1, 0.15) is 6.54 Å². The van der Waals surface area contributed by atoms with Crippen molar-refractivity contribution < 1.29 is 31.5 Å². The quantitative estimate of drug-likeness (QED) is 0.400. The zero-order valence-corrected chi connectivity index (χ0v) is 21.9. The number of aliphatic hydroxyl groups is 1. The largest absolute Gasteiger partial charge is 0.405 e. The van der Waals surface area contributed by atoms with E-state index in [-0.39, 0.29) is 34.6 Å². The van der Waals surface area contributed by atoms with Gasteiger partial charge in [0.15, 0.2) is 9.84 Å². The molecule has 11 heteroatoms. The molecule has 7 nitrogen and oxygen atoms in total. The van der Waals surface area contributed by atoms with Crippen LogP contribution in [0.15, 0.2) is 42.5 Å². The molecule has 0 spiro atoms. The van der Waals surface area contributed by atoms with E-state index in [4.69, 9.17) is 5.73 Å². The number of aliphatic hydroxyl groups excluding tert-OH is 1. The Morgan fingerprint density at radius 3 is 2.43 bits per heavy atom. The predicted octanol–water partition coefficient (Wildman–Crippen LogP) is 2.96. The van der Waals surface area contributed by atoms with E-state index in [0.29, 0.717) is 12.1 Å². The van der Waals surface area contributed by atoms with E-state index < -0.39 is 46.5 Å². The van der Waals surface area contributed by atoms with E-state index >= 15 is 0 Å². The number of sulfone groups is 1. The highest BCUT2D eigenvalue weighted by Gasteiger charge is 2.39. The summed E-state index contributed by atoms with van der Waals surface area (Å²) >= 11 is 0. The molecule has 1 heterocycles. The van der Waals surface area contributed by atoms with E-state index in [1.165, 1.54) is 12.1 Å². The van der Waals surface area contributed by atoms with E-state index in [2.05, 4.69) is 26.1 Å². The molecule has 0 aromatic heterocycles. The first-order valence-corrected chi connectivity index (χ1v) is 13.8. The summed E-state index contributed by atoms with van der Waals surface area (Å²) in [6.07, 6.45) is -5.45. The Bertz CT molecular complexity index is 1230. The lowest BCUT2D eigenvalue weighted by atomic mass is 9.86. The number of carbonyl (C=O) groups excluding carboxylic acids is 1. The third-order valence-electron chi connectivity index (χ3n) is 6.47. The van der Waals surface area contributed by atoms with Crippen molar-refractivity contribution in [2.24, 2.45) is 5.92 Å². The number of nitrogen functional groups attached to an aromatic ring is 1. The maximum Gasteiger partial charge on any atom is 0.405 e. The van der Waals surface area contributed by atoms with Gasteiger partial charge < -0.3 is 21.5 Å². The van der Waals surface area contributed by atoms with Crippen LogP contribution in [0.4, 0.5) is 18.9 Å². The highest BCUT2D eigenvalue weighted by Crippen LogP contribution is 2.27. The van der Waals surface area contributed by atoms with Gasteiger partial charge in [0.25, 0.3) is 5.91 Å². The molecule has 1 aliphatic heterocycles. The molecule has 0 saturated carbocycles. The van der Waals surface area contributed by atoms with Gasteiger partial charge in [-0.25, -0.2) is 8.42 Å². The first kappa shape index (κ1) is 28.9. The van der Waals surface area contributed by atoms with E-state index in [1.807, 2.05) is 24.3 Å². The first-order valence-electron chi connectivity index (χ1n) is 12.0. The summed E-state index contributed by atoms with van der Waals surface area (Å²) in [5, 5.41) is 16.0. The minimum absolute atomic E-state index is 0.00253. The van der Waals surface area contributed by atoms with Gasteiger partial charge in [-0.15, -0.1) is 0 Å². The average Bonchev–Trinajstić information content (AvgIpc) is 2.79. The van der Waals surface area contributed by atoms with Crippen LogP contribution in [-0.4, -0.2) is 55.8 Å². The minimum atomic E-state index is -4.57.